The second-order valence-electron chi connectivity index (χ2n) is 3.68. The van der Waals surface area contributed by atoms with Gasteiger partial charge in [-0.25, -0.2) is 4.98 Å². The first-order valence-corrected chi connectivity index (χ1v) is 6.04. The number of thiazole rings is 1. The fourth-order valence-corrected chi connectivity index (χ4v) is 1.99. The molecule has 0 radical (unpaired) electrons. The predicted molar refractivity (Wildman–Crippen MR) is 70.9 cm³/mol. The number of hydrazone groups is 1. The summed E-state index contributed by atoms with van der Waals surface area (Å²) in [4.78, 5) is 4.21. The number of benzene rings is 1. The van der Waals surface area contributed by atoms with Crippen LogP contribution in [0.2, 0.25) is 0 Å². The van der Waals surface area contributed by atoms with Crippen LogP contribution in [0.5, 0.6) is 5.75 Å². The molecule has 0 aliphatic carbocycles. The van der Waals surface area contributed by atoms with Gasteiger partial charge < -0.3 is 5.11 Å². The highest BCUT2D eigenvalue weighted by Crippen LogP contribution is 2.19. The van der Waals surface area contributed by atoms with Crippen LogP contribution in [-0.2, 0) is 0 Å². The van der Waals surface area contributed by atoms with E-state index in [0.717, 1.165) is 16.4 Å². The number of phenolic OH excluding ortho intramolecular Hbond substituents is 1. The Hall–Kier alpha value is -1.88. The molecule has 88 valence electrons. The lowest BCUT2D eigenvalue weighted by molar-refractivity contribution is 0.470. The van der Waals surface area contributed by atoms with Crippen molar-refractivity contribution >= 4 is 22.7 Å². The Morgan fingerprint density at radius 3 is 2.94 bits per heavy atom. The zero-order valence-corrected chi connectivity index (χ0v) is 10.5. The van der Waals surface area contributed by atoms with Crippen LogP contribution in [0.15, 0.2) is 28.7 Å². The largest absolute Gasteiger partial charge is 0.507 e. The normalized spacial score (nSPS) is 10.9. The van der Waals surface area contributed by atoms with E-state index in [9.17, 15) is 5.11 Å². The molecule has 0 fully saturated rings. The Kier molecular flexibility index (Phi) is 3.39. The predicted octanol–water partition coefficient (Wildman–Crippen LogP) is 2.91. The number of hydrogen-bond donors (Lipinski definition) is 2. The highest BCUT2D eigenvalue weighted by Gasteiger charge is 2.00. The van der Waals surface area contributed by atoms with E-state index >= 15 is 0 Å². The minimum absolute atomic E-state index is 0.258. The Morgan fingerprint density at radius 2 is 2.24 bits per heavy atom. The van der Waals surface area contributed by atoms with E-state index in [-0.39, 0.29) is 5.75 Å². The molecule has 0 unspecified atom stereocenters. The first-order chi connectivity index (χ1) is 8.16. The standard InChI is InChI=1S/C12H13N3OS/c1-8-4-3-5-10(11(8)16)6-13-15-12-14-9(2)7-17-12/h3-7,16H,1-2H3,(H,14,15). The molecule has 0 saturated carbocycles. The van der Waals surface area contributed by atoms with Gasteiger partial charge in [-0.1, -0.05) is 12.1 Å². The van der Waals surface area contributed by atoms with Gasteiger partial charge in [-0.3, -0.25) is 5.43 Å². The number of aromatic hydroxyl groups is 1. The number of phenols is 1. The van der Waals surface area contributed by atoms with Crippen LogP contribution in [0.25, 0.3) is 0 Å². The zero-order valence-electron chi connectivity index (χ0n) is 9.64. The molecule has 0 amide bonds. The molecule has 0 bridgehead atoms. The van der Waals surface area contributed by atoms with Crippen LogP contribution >= 0.6 is 11.3 Å². The van der Waals surface area contributed by atoms with E-state index in [2.05, 4.69) is 15.5 Å². The van der Waals surface area contributed by atoms with Gasteiger partial charge in [0.05, 0.1) is 11.9 Å². The van der Waals surface area contributed by atoms with Crippen molar-refractivity contribution in [2.75, 3.05) is 5.43 Å². The van der Waals surface area contributed by atoms with Gasteiger partial charge in [0, 0.05) is 10.9 Å². The lowest BCUT2D eigenvalue weighted by Crippen LogP contribution is -1.91. The Morgan fingerprint density at radius 1 is 1.41 bits per heavy atom. The molecule has 5 heteroatoms. The zero-order chi connectivity index (χ0) is 12.3. The molecule has 4 nitrogen and oxygen atoms in total. The third-order valence-electron chi connectivity index (χ3n) is 2.25. The third kappa shape index (κ3) is 2.82. The first-order valence-electron chi connectivity index (χ1n) is 5.16. The summed E-state index contributed by atoms with van der Waals surface area (Å²) in [6.45, 7) is 3.78. The van der Waals surface area contributed by atoms with Gasteiger partial charge in [-0.2, -0.15) is 5.10 Å². The number of rotatable bonds is 3. The third-order valence-corrected chi connectivity index (χ3v) is 3.12. The van der Waals surface area contributed by atoms with E-state index in [0.29, 0.717) is 5.56 Å². The molecule has 2 N–H and O–H groups in total. The maximum absolute atomic E-state index is 9.77. The summed E-state index contributed by atoms with van der Waals surface area (Å²) in [6.07, 6.45) is 1.58. The molecule has 0 aliphatic rings. The van der Waals surface area contributed by atoms with Crippen LogP contribution in [0.4, 0.5) is 5.13 Å². The van der Waals surface area contributed by atoms with E-state index in [1.54, 1.807) is 12.3 Å². The van der Waals surface area contributed by atoms with E-state index in [1.165, 1.54) is 11.3 Å². The molecular formula is C12H13N3OS. The Balaban J connectivity index is 2.08. The average molecular weight is 247 g/mol. The van der Waals surface area contributed by atoms with Gasteiger partial charge in [-0.15, -0.1) is 11.3 Å². The molecule has 2 rings (SSSR count). The summed E-state index contributed by atoms with van der Waals surface area (Å²) in [5.41, 5.74) is 5.31. The topological polar surface area (TPSA) is 57.5 Å². The summed E-state index contributed by atoms with van der Waals surface area (Å²) >= 11 is 1.49. The first kappa shape index (κ1) is 11.6. The highest BCUT2D eigenvalue weighted by molar-refractivity contribution is 7.13. The van der Waals surface area contributed by atoms with Gasteiger partial charge in [0.1, 0.15) is 5.75 Å². The monoisotopic (exact) mass is 247 g/mol. The number of anilines is 1. The van der Waals surface area contributed by atoms with Crippen LogP contribution in [0.3, 0.4) is 0 Å². The molecule has 1 aromatic carbocycles. The van der Waals surface area contributed by atoms with Gasteiger partial charge in [-0.05, 0) is 25.5 Å². The lowest BCUT2D eigenvalue weighted by atomic mass is 10.1. The average Bonchev–Trinajstić information content (AvgIpc) is 2.70. The summed E-state index contributed by atoms with van der Waals surface area (Å²) < 4.78 is 0. The molecule has 0 aliphatic heterocycles. The summed E-state index contributed by atoms with van der Waals surface area (Å²) in [5.74, 6) is 0.258. The van der Waals surface area contributed by atoms with Crippen molar-refractivity contribution in [3.05, 3.63) is 40.4 Å². The summed E-state index contributed by atoms with van der Waals surface area (Å²) in [7, 11) is 0. The number of hydrogen-bond acceptors (Lipinski definition) is 5. The fraction of sp³-hybridized carbons (Fsp3) is 0.167. The fourth-order valence-electron chi connectivity index (χ4n) is 1.35. The Bertz CT molecular complexity index is 548. The summed E-state index contributed by atoms with van der Waals surface area (Å²) in [5, 5.41) is 16.5. The lowest BCUT2D eigenvalue weighted by Gasteiger charge is -2.01. The van der Waals surface area contributed by atoms with Gasteiger partial charge in [0.25, 0.3) is 0 Å². The minimum atomic E-state index is 0.258. The molecule has 0 spiro atoms. The molecule has 0 saturated heterocycles. The minimum Gasteiger partial charge on any atom is -0.507 e. The molecule has 1 aromatic heterocycles. The second-order valence-corrected chi connectivity index (χ2v) is 4.53. The summed E-state index contributed by atoms with van der Waals surface area (Å²) in [6, 6.07) is 5.54. The van der Waals surface area contributed by atoms with E-state index in [1.807, 2.05) is 31.4 Å². The van der Waals surface area contributed by atoms with Crippen molar-refractivity contribution in [1.82, 2.24) is 4.98 Å². The molecule has 17 heavy (non-hydrogen) atoms. The number of nitrogens with zero attached hydrogens (tertiary/aromatic N) is 2. The number of aryl methyl sites for hydroxylation is 2. The smallest absolute Gasteiger partial charge is 0.203 e. The van der Waals surface area contributed by atoms with Crippen molar-refractivity contribution in [1.29, 1.82) is 0 Å². The van der Waals surface area contributed by atoms with Crippen molar-refractivity contribution in [2.45, 2.75) is 13.8 Å². The Labute approximate surface area is 104 Å². The van der Waals surface area contributed by atoms with Crippen LogP contribution < -0.4 is 5.43 Å². The maximum Gasteiger partial charge on any atom is 0.203 e. The van der Waals surface area contributed by atoms with E-state index < -0.39 is 0 Å². The van der Waals surface area contributed by atoms with Crippen LogP contribution in [-0.4, -0.2) is 16.3 Å². The van der Waals surface area contributed by atoms with Crippen molar-refractivity contribution in [3.8, 4) is 5.75 Å². The SMILES string of the molecule is Cc1csc(NN=Cc2cccc(C)c2O)n1. The quantitative estimate of drug-likeness (QED) is 0.647. The van der Waals surface area contributed by atoms with Crippen LogP contribution in [0, 0.1) is 13.8 Å². The van der Waals surface area contributed by atoms with E-state index in [4.69, 9.17) is 0 Å². The maximum atomic E-state index is 9.77. The van der Waals surface area contributed by atoms with Crippen molar-refractivity contribution in [2.24, 2.45) is 5.10 Å². The second kappa shape index (κ2) is 4.97. The molecule has 2 aromatic rings. The van der Waals surface area contributed by atoms with Crippen molar-refractivity contribution < 1.29 is 5.11 Å². The van der Waals surface area contributed by atoms with Crippen LogP contribution in [0.1, 0.15) is 16.8 Å². The highest BCUT2D eigenvalue weighted by atomic mass is 32.1. The van der Waals surface area contributed by atoms with Gasteiger partial charge in [0.15, 0.2) is 0 Å². The number of nitrogens with one attached hydrogen (secondary N) is 1. The molecule has 0 atom stereocenters. The molecule has 1 heterocycles. The number of aromatic nitrogens is 1. The number of para-hydroxylation sites is 1. The van der Waals surface area contributed by atoms with Crippen molar-refractivity contribution in [3.63, 3.8) is 0 Å². The van der Waals surface area contributed by atoms with Gasteiger partial charge in [0.2, 0.25) is 5.13 Å². The molecular weight excluding hydrogens is 234 g/mol. The van der Waals surface area contributed by atoms with Gasteiger partial charge >= 0.3 is 0 Å².